The summed E-state index contributed by atoms with van der Waals surface area (Å²) in [6.45, 7) is 12.7. The summed E-state index contributed by atoms with van der Waals surface area (Å²) in [5.74, 6) is 1.02. The number of morpholine rings is 1. The van der Waals surface area contributed by atoms with Gasteiger partial charge in [-0.15, -0.1) is 0 Å². The number of hydrogen-bond donors (Lipinski definition) is 1. The van der Waals surface area contributed by atoms with Crippen molar-refractivity contribution in [3.8, 4) is 0 Å². The molecule has 2 fully saturated rings. The molecule has 6 heteroatoms. The van der Waals surface area contributed by atoms with E-state index in [1.165, 1.54) is 6.42 Å². The molecule has 0 radical (unpaired) electrons. The molecule has 2 heterocycles. The Bertz CT molecular complexity index is 385. The van der Waals surface area contributed by atoms with Crippen LogP contribution in [0.25, 0.3) is 0 Å². The topological polar surface area (TPSA) is 49.3 Å². The number of nitrogens with one attached hydrogen (secondary N) is 1. The molecular weight excluding hydrogens is 304 g/mol. The maximum atomic E-state index is 5.95. The molecule has 0 aromatic rings. The van der Waals surface area contributed by atoms with E-state index in [1.807, 2.05) is 0 Å². The second-order valence-electron chi connectivity index (χ2n) is 6.88. The third kappa shape index (κ3) is 5.60. The van der Waals surface area contributed by atoms with E-state index >= 15 is 0 Å². The predicted molar refractivity (Wildman–Crippen MR) is 98.6 cm³/mol. The van der Waals surface area contributed by atoms with Crippen LogP contribution in [0.4, 0.5) is 0 Å². The highest BCUT2D eigenvalue weighted by Gasteiger charge is 2.32. The summed E-state index contributed by atoms with van der Waals surface area (Å²) in [6, 6.07) is 0.607. The Hall–Kier alpha value is -0.850. The molecule has 2 aliphatic rings. The maximum absolute atomic E-state index is 5.95. The van der Waals surface area contributed by atoms with Crippen LogP contribution in [0.15, 0.2) is 4.99 Å². The molecule has 0 amide bonds. The van der Waals surface area contributed by atoms with Gasteiger partial charge in [-0.3, -0.25) is 4.99 Å². The summed E-state index contributed by atoms with van der Waals surface area (Å²) in [7, 11) is 2.18. The van der Waals surface area contributed by atoms with E-state index in [-0.39, 0.29) is 12.2 Å². The van der Waals surface area contributed by atoms with Crippen molar-refractivity contribution in [2.24, 2.45) is 4.99 Å². The van der Waals surface area contributed by atoms with Gasteiger partial charge in [0.05, 0.1) is 19.3 Å². The zero-order chi connectivity index (χ0) is 17.4. The summed E-state index contributed by atoms with van der Waals surface area (Å²) >= 11 is 0. The fraction of sp³-hybridized carbons (Fsp3) is 0.944. The van der Waals surface area contributed by atoms with Crippen molar-refractivity contribution in [2.75, 3.05) is 53.0 Å². The molecule has 0 aromatic heterocycles. The molecule has 0 spiro atoms. The van der Waals surface area contributed by atoms with E-state index in [9.17, 15) is 0 Å². The van der Waals surface area contributed by atoms with Gasteiger partial charge >= 0.3 is 0 Å². The minimum Gasteiger partial charge on any atom is -0.375 e. The van der Waals surface area contributed by atoms with Crippen LogP contribution in [0, 0.1) is 0 Å². The summed E-state index contributed by atoms with van der Waals surface area (Å²) in [4.78, 5) is 9.56. The lowest BCUT2D eigenvalue weighted by atomic mass is 10.1. The molecule has 0 saturated carbocycles. The smallest absolute Gasteiger partial charge is 0.194 e. The Balaban J connectivity index is 1.89. The van der Waals surface area contributed by atoms with Crippen LogP contribution in [0.1, 0.15) is 40.0 Å². The SMILES string of the molecule is CCNC(=NCCN(C)C(C)CC)N1CCOC(C2CCCO2)C1. The molecule has 0 bridgehead atoms. The summed E-state index contributed by atoms with van der Waals surface area (Å²) in [5, 5.41) is 3.44. The molecule has 140 valence electrons. The van der Waals surface area contributed by atoms with Crippen molar-refractivity contribution in [1.29, 1.82) is 0 Å². The van der Waals surface area contributed by atoms with Gasteiger partial charge in [-0.25, -0.2) is 0 Å². The van der Waals surface area contributed by atoms with Crippen molar-refractivity contribution in [3.63, 3.8) is 0 Å². The highest BCUT2D eigenvalue weighted by molar-refractivity contribution is 5.80. The van der Waals surface area contributed by atoms with Gasteiger partial charge in [0, 0.05) is 38.8 Å². The van der Waals surface area contributed by atoms with Crippen LogP contribution in [0.3, 0.4) is 0 Å². The van der Waals surface area contributed by atoms with Crippen LogP contribution in [0.2, 0.25) is 0 Å². The second kappa shape index (κ2) is 10.2. The minimum absolute atomic E-state index is 0.174. The molecule has 0 aromatic carbocycles. The third-order valence-electron chi connectivity index (χ3n) is 5.17. The summed E-state index contributed by atoms with van der Waals surface area (Å²) < 4.78 is 11.8. The number of aliphatic imine (C=N–C) groups is 1. The molecule has 6 nitrogen and oxygen atoms in total. The van der Waals surface area contributed by atoms with Crippen molar-refractivity contribution in [3.05, 3.63) is 0 Å². The van der Waals surface area contributed by atoms with E-state index in [0.717, 1.165) is 64.7 Å². The summed E-state index contributed by atoms with van der Waals surface area (Å²) in [6.07, 6.45) is 3.87. The molecule has 24 heavy (non-hydrogen) atoms. The third-order valence-corrected chi connectivity index (χ3v) is 5.17. The van der Waals surface area contributed by atoms with Gasteiger partial charge < -0.3 is 24.6 Å². The number of nitrogens with zero attached hydrogens (tertiary/aromatic N) is 3. The van der Waals surface area contributed by atoms with Gasteiger partial charge in [-0.1, -0.05) is 6.92 Å². The Morgan fingerprint density at radius 1 is 1.29 bits per heavy atom. The second-order valence-corrected chi connectivity index (χ2v) is 6.88. The van der Waals surface area contributed by atoms with Crippen molar-refractivity contribution < 1.29 is 9.47 Å². The average Bonchev–Trinajstić information content (AvgIpc) is 3.15. The molecule has 0 aliphatic carbocycles. The fourth-order valence-electron chi connectivity index (χ4n) is 3.26. The van der Waals surface area contributed by atoms with E-state index in [1.54, 1.807) is 0 Å². The van der Waals surface area contributed by atoms with E-state index in [4.69, 9.17) is 14.5 Å². The highest BCUT2D eigenvalue weighted by atomic mass is 16.5. The Labute approximate surface area is 147 Å². The first-order chi connectivity index (χ1) is 11.7. The normalized spacial score (nSPS) is 26.9. The Morgan fingerprint density at radius 3 is 2.75 bits per heavy atom. The number of ether oxygens (including phenoxy) is 2. The van der Waals surface area contributed by atoms with Crippen LogP contribution in [0.5, 0.6) is 0 Å². The first kappa shape index (κ1) is 19.5. The number of hydrogen-bond acceptors (Lipinski definition) is 4. The monoisotopic (exact) mass is 340 g/mol. The van der Waals surface area contributed by atoms with E-state index in [0.29, 0.717) is 6.04 Å². The van der Waals surface area contributed by atoms with Crippen molar-refractivity contribution in [1.82, 2.24) is 15.1 Å². The lowest BCUT2D eigenvalue weighted by Gasteiger charge is -2.37. The standard InChI is InChI=1S/C18H36N4O2/c1-5-15(3)21(4)10-9-20-18(19-6-2)22-11-13-24-17(14-22)16-8-7-12-23-16/h15-17H,5-14H2,1-4H3,(H,19,20). The van der Waals surface area contributed by atoms with Gasteiger partial charge in [0.2, 0.25) is 0 Å². The molecule has 3 atom stereocenters. The van der Waals surface area contributed by atoms with Crippen LogP contribution < -0.4 is 5.32 Å². The number of guanidine groups is 1. The molecule has 2 saturated heterocycles. The van der Waals surface area contributed by atoms with Gasteiger partial charge in [-0.2, -0.15) is 0 Å². The first-order valence-electron chi connectivity index (χ1n) is 9.62. The predicted octanol–water partition coefficient (Wildman–Crippen LogP) is 1.56. The number of likely N-dealkylation sites (N-methyl/N-ethyl adjacent to an activating group) is 1. The van der Waals surface area contributed by atoms with Crippen LogP contribution >= 0.6 is 0 Å². The lowest BCUT2D eigenvalue weighted by molar-refractivity contribution is -0.0817. The lowest BCUT2D eigenvalue weighted by Crippen LogP contribution is -2.53. The van der Waals surface area contributed by atoms with E-state index in [2.05, 4.69) is 42.9 Å². The molecule has 3 unspecified atom stereocenters. The van der Waals surface area contributed by atoms with Gasteiger partial charge in [0.25, 0.3) is 0 Å². The summed E-state index contributed by atoms with van der Waals surface area (Å²) in [5.41, 5.74) is 0. The van der Waals surface area contributed by atoms with E-state index < -0.39 is 0 Å². The minimum atomic E-state index is 0.174. The van der Waals surface area contributed by atoms with Crippen molar-refractivity contribution >= 4 is 5.96 Å². The fourth-order valence-corrected chi connectivity index (χ4v) is 3.26. The van der Waals surface area contributed by atoms with Crippen LogP contribution in [-0.2, 0) is 9.47 Å². The maximum Gasteiger partial charge on any atom is 0.194 e. The molecular formula is C18H36N4O2. The zero-order valence-electron chi connectivity index (χ0n) is 16.0. The number of rotatable bonds is 7. The Kier molecular flexibility index (Phi) is 8.29. The van der Waals surface area contributed by atoms with Gasteiger partial charge in [0.1, 0.15) is 6.10 Å². The quantitative estimate of drug-likeness (QED) is 0.563. The van der Waals surface area contributed by atoms with Gasteiger partial charge in [-0.05, 0) is 40.2 Å². The molecule has 2 rings (SSSR count). The largest absolute Gasteiger partial charge is 0.375 e. The zero-order valence-corrected chi connectivity index (χ0v) is 16.0. The molecule has 1 N–H and O–H groups in total. The molecule has 2 aliphatic heterocycles. The van der Waals surface area contributed by atoms with Crippen molar-refractivity contribution in [2.45, 2.75) is 58.3 Å². The highest BCUT2D eigenvalue weighted by Crippen LogP contribution is 2.21. The first-order valence-corrected chi connectivity index (χ1v) is 9.62. The van der Waals surface area contributed by atoms with Crippen LogP contribution in [-0.4, -0.2) is 87.0 Å². The average molecular weight is 341 g/mol. The van der Waals surface area contributed by atoms with Gasteiger partial charge in [0.15, 0.2) is 5.96 Å². The Morgan fingerprint density at radius 2 is 2.08 bits per heavy atom.